The van der Waals surface area contributed by atoms with E-state index in [1.165, 1.54) is 0 Å². The Labute approximate surface area is 245 Å². The molecule has 1 aliphatic rings. The van der Waals surface area contributed by atoms with Crippen molar-refractivity contribution in [1.29, 1.82) is 0 Å². The highest BCUT2D eigenvalue weighted by Crippen LogP contribution is 2.59. The second kappa shape index (κ2) is 11.6. The Kier molecular flexibility index (Phi) is 9.40. The first-order chi connectivity index (χ1) is 18.1. The highest BCUT2D eigenvalue weighted by Gasteiger charge is 2.60. The average molecular weight is 617 g/mol. The monoisotopic (exact) mass is 616 g/mol. The van der Waals surface area contributed by atoms with Crippen LogP contribution in [0.1, 0.15) is 23.0 Å². The number of carbonyl (C=O) groups is 2. The minimum atomic E-state index is -2.18. The lowest BCUT2D eigenvalue weighted by Crippen LogP contribution is -2.54. The van der Waals surface area contributed by atoms with Gasteiger partial charge in [-0.05, 0) is 114 Å². The van der Waals surface area contributed by atoms with Gasteiger partial charge in [0.15, 0.2) is 0 Å². The fourth-order valence-electron chi connectivity index (χ4n) is 5.13. The Bertz CT molecular complexity index is 1080. The number of carbonyl (C=O) groups excluding carboxylic acids is 2. The zero-order valence-corrected chi connectivity index (χ0v) is 30.4. The van der Waals surface area contributed by atoms with Crippen molar-refractivity contribution in [2.45, 2.75) is 90.4 Å². The Balaban J connectivity index is 2.08. The van der Waals surface area contributed by atoms with Gasteiger partial charge in [0.1, 0.15) is 11.5 Å². The van der Waals surface area contributed by atoms with Crippen LogP contribution in [0.15, 0.2) is 48.5 Å². The summed E-state index contributed by atoms with van der Waals surface area (Å²) < 4.78 is 24.5. The number of hydrogen-bond acceptors (Lipinski definition) is 6. The van der Waals surface area contributed by atoms with Crippen molar-refractivity contribution in [2.24, 2.45) is 11.8 Å². The quantitative estimate of drug-likeness (QED) is 0.252. The van der Waals surface area contributed by atoms with Crippen LogP contribution >= 0.6 is 0 Å². The van der Waals surface area contributed by atoms with Gasteiger partial charge in [0.25, 0.3) is 11.9 Å². The Morgan fingerprint density at radius 3 is 0.975 bits per heavy atom. The maximum atomic E-state index is 13.8. The molecule has 1 saturated carbocycles. The molecule has 1 aliphatic carbocycles. The molecule has 0 N–H and O–H groups in total. The van der Waals surface area contributed by atoms with E-state index in [-0.39, 0.29) is 23.8 Å². The minimum absolute atomic E-state index is 0.240. The summed E-state index contributed by atoms with van der Waals surface area (Å²) in [5, 5.41) is 0. The van der Waals surface area contributed by atoms with Crippen molar-refractivity contribution in [3.63, 3.8) is 0 Å². The third-order valence-electron chi connectivity index (χ3n) is 6.28. The van der Waals surface area contributed by atoms with Gasteiger partial charge in [0.2, 0.25) is 33.3 Å². The van der Waals surface area contributed by atoms with Crippen molar-refractivity contribution < 1.29 is 27.3 Å². The molecule has 0 saturated heterocycles. The predicted molar refractivity (Wildman–Crippen MR) is 172 cm³/mol. The van der Waals surface area contributed by atoms with E-state index in [2.05, 4.69) is 39.3 Å². The summed E-state index contributed by atoms with van der Waals surface area (Å²) in [4.78, 5) is 27.6. The first-order valence-corrected chi connectivity index (χ1v) is 27.8. The van der Waals surface area contributed by atoms with Crippen molar-refractivity contribution in [3.8, 4) is 11.5 Å². The summed E-state index contributed by atoms with van der Waals surface area (Å²) in [6, 6.07) is 15.8. The smallest absolute Gasteiger partial charge is 0.296 e. The van der Waals surface area contributed by atoms with Crippen LogP contribution in [0.5, 0.6) is 11.5 Å². The molecule has 0 amide bonds. The predicted octanol–water partition coefficient (Wildman–Crippen LogP) is 7.98. The number of rotatable bonds is 10. The number of benzene rings is 2. The number of hydrogen-bond donors (Lipinski definition) is 0. The van der Waals surface area contributed by atoms with Crippen LogP contribution in [0, 0.1) is 11.8 Å². The molecule has 220 valence electrons. The maximum Gasteiger partial charge on any atom is 0.296 e. The van der Waals surface area contributed by atoms with E-state index in [0.717, 1.165) is 22.6 Å². The zero-order chi connectivity index (χ0) is 30.3. The largest absolute Gasteiger partial charge is 0.544 e. The van der Waals surface area contributed by atoms with Gasteiger partial charge >= 0.3 is 0 Å². The fourth-order valence-corrected chi connectivity index (χ4v) is 8.29. The van der Waals surface area contributed by atoms with Crippen LogP contribution in [0.25, 0.3) is 0 Å². The van der Waals surface area contributed by atoms with Gasteiger partial charge in [0.05, 0.1) is 11.8 Å². The molecule has 1 fully saturated rings. The lowest BCUT2D eigenvalue weighted by Gasteiger charge is -2.50. The van der Waals surface area contributed by atoms with E-state index in [0.29, 0.717) is 0 Å². The first-order valence-electron chi connectivity index (χ1n) is 14.2. The zero-order valence-electron chi connectivity index (χ0n) is 26.4. The fraction of sp³-hybridized carbons (Fsp3) is 0.533. The van der Waals surface area contributed by atoms with Crippen LogP contribution in [0.4, 0.5) is 0 Å². The van der Waals surface area contributed by atoms with Gasteiger partial charge in [-0.25, -0.2) is 0 Å². The molecule has 6 nitrogen and oxygen atoms in total. The van der Waals surface area contributed by atoms with Gasteiger partial charge in [-0.1, -0.05) is 24.3 Å². The van der Waals surface area contributed by atoms with Crippen LogP contribution in [-0.2, 0) is 18.4 Å². The van der Waals surface area contributed by atoms with Crippen molar-refractivity contribution in [2.75, 3.05) is 0 Å². The Morgan fingerprint density at radius 2 is 0.750 bits per heavy atom. The van der Waals surface area contributed by atoms with Crippen LogP contribution in [0.3, 0.4) is 0 Å². The summed E-state index contributed by atoms with van der Waals surface area (Å²) in [6.45, 7) is 24.9. The first kappa shape index (κ1) is 32.4. The maximum absolute atomic E-state index is 13.8. The minimum Gasteiger partial charge on any atom is -0.544 e. The molecule has 0 aromatic heterocycles. The molecular formula is C30H48O6Si4. The molecular weight excluding hydrogens is 569 g/mol. The molecule has 0 bridgehead atoms. The molecule has 2 aromatic rings. The Hall–Kier alpha value is -2.15. The summed E-state index contributed by atoms with van der Waals surface area (Å²) in [6.07, 6.45) is 0. The average Bonchev–Trinajstić information content (AvgIpc) is 2.70. The SMILES string of the molecule is C[Si](C)(C)OC(=O)C1C(c2ccc(O[Si](C)(C)C)cc2)C(C(=O)O[Si](C)(C)C)C1c1ccc(O[Si](C)(C)C)cc1. The molecule has 2 aromatic carbocycles. The van der Waals surface area contributed by atoms with Crippen molar-refractivity contribution in [3.05, 3.63) is 59.7 Å². The Morgan fingerprint density at radius 1 is 0.475 bits per heavy atom. The van der Waals surface area contributed by atoms with Gasteiger partial charge in [-0.2, -0.15) is 0 Å². The molecule has 3 rings (SSSR count). The van der Waals surface area contributed by atoms with E-state index in [1.54, 1.807) is 0 Å². The van der Waals surface area contributed by atoms with Gasteiger partial charge in [-0.3, -0.25) is 9.59 Å². The van der Waals surface area contributed by atoms with Crippen LogP contribution < -0.4 is 8.85 Å². The third-order valence-corrected chi connectivity index (χ3v) is 9.61. The molecule has 0 atom stereocenters. The topological polar surface area (TPSA) is 71.1 Å². The molecule has 0 aliphatic heterocycles. The van der Waals surface area contributed by atoms with Crippen LogP contribution in [0.2, 0.25) is 78.6 Å². The standard InChI is InChI=1S/C30H48O6Si4/c1-37(2,3)33-23-17-13-21(14-18-23)25-27(29(31)35-39(7,8)9)26(28(25)30(32)36-40(10,11)12)22-15-19-24(20-16-22)34-38(4,5)6/h13-20,25-28H,1-12H3. The van der Waals surface area contributed by atoms with Gasteiger partial charge < -0.3 is 17.7 Å². The van der Waals surface area contributed by atoms with E-state index in [4.69, 9.17) is 17.7 Å². The van der Waals surface area contributed by atoms with E-state index < -0.39 is 45.1 Å². The molecule has 40 heavy (non-hydrogen) atoms. The second-order valence-electron chi connectivity index (χ2n) is 14.7. The molecule has 0 unspecified atom stereocenters. The molecule has 0 spiro atoms. The summed E-state index contributed by atoms with van der Waals surface area (Å²) in [7, 11) is -7.90. The van der Waals surface area contributed by atoms with Gasteiger partial charge in [0, 0.05) is 11.8 Å². The van der Waals surface area contributed by atoms with E-state index in [1.807, 2.05) is 87.8 Å². The summed E-state index contributed by atoms with van der Waals surface area (Å²) in [5.74, 6) is -0.574. The summed E-state index contributed by atoms with van der Waals surface area (Å²) in [5.41, 5.74) is 1.85. The highest BCUT2D eigenvalue weighted by atomic mass is 28.4. The lowest BCUT2D eigenvalue weighted by molar-refractivity contribution is -0.157. The van der Waals surface area contributed by atoms with Gasteiger partial charge in [-0.15, -0.1) is 0 Å². The van der Waals surface area contributed by atoms with Crippen molar-refractivity contribution in [1.82, 2.24) is 0 Å². The highest BCUT2D eigenvalue weighted by molar-refractivity contribution is 6.72. The second-order valence-corrected chi connectivity index (χ2v) is 32.5. The van der Waals surface area contributed by atoms with E-state index in [9.17, 15) is 9.59 Å². The molecule has 0 radical (unpaired) electrons. The van der Waals surface area contributed by atoms with Crippen LogP contribution in [-0.4, -0.2) is 45.2 Å². The van der Waals surface area contributed by atoms with E-state index >= 15 is 0 Å². The van der Waals surface area contributed by atoms with Crippen molar-refractivity contribution >= 4 is 45.2 Å². The summed E-state index contributed by atoms with van der Waals surface area (Å²) >= 11 is 0. The lowest BCUT2D eigenvalue weighted by atomic mass is 9.52. The normalized spacial score (nSPS) is 21.7. The third kappa shape index (κ3) is 8.92. The molecule has 10 heteroatoms. The molecule has 0 heterocycles.